The third-order valence-corrected chi connectivity index (χ3v) is 2.48. The summed E-state index contributed by atoms with van der Waals surface area (Å²) >= 11 is 0. The van der Waals surface area contributed by atoms with Gasteiger partial charge in [-0.25, -0.2) is 9.69 Å². The van der Waals surface area contributed by atoms with Gasteiger partial charge in [0, 0.05) is 5.56 Å². The fraction of sp³-hybridized carbons (Fsp3) is 0.182. The van der Waals surface area contributed by atoms with Gasteiger partial charge in [-0.15, -0.1) is 0 Å². The summed E-state index contributed by atoms with van der Waals surface area (Å²) < 4.78 is 4.93. The van der Waals surface area contributed by atoms with Gasteiger partial charge in [-0.3, -0.25) is 14.9 Å². The second-order valence-electron chi connectivity index (χ2n) is 3.57. The maximum absolute atomic E-state index is 11.9. The largest absolute Gasteiger partial charge is 0.497 e. The summed E-state index contributed by atoms with van der Waals surface area (Å²) in [4.78, 5) is 34.7. The first kappa shape index (κ1) is 12.1. The molecule has 0 spiro atoms. The van der Waals surface area contributed by atoms with Crippen LogP contribution in [0.2, 0.25) is 0 Å². The molecule has 0 saturated carbocycles. The maximum Gasteiger partial charge on any atom is 0.333 e. The number of rotatable bonds is 2. The molecule has 1 heterocycles. The zero-order valence-electron chi connectivity index (χ0n) is 9.41. The second kappa shape index (κ2) is 4.46. The highest BCUT2D eigenvalue weighted by molar-refractivity contribution is 6.14. The summed E-state index contributed by atoms with van der Waals surface area (Å²) in [7, 11) is 1.48. The van der Waals surface area contributed by atoms with Crippen molar-refractivity contribution >= 4 is 17.8 Å². The molecule has 4 amide bonds. The Morgan fingerprint density at radius 2 is 1.94 bits per heavy atom. The molecule has 1 saturated heterocycles. The van der Waals surface area contributed by atoms with E-state index in [0.717, 1.165) is 0 Å². The summed E-state index contributed by atoms with van der Waals surface area (Å²) in [5.74, 6) is -1.12. The molecule has 1 unspecified atom stereocenters. The van der Waals surface area contributed by atoms with E-state index in [9.17, 15) is 19.5 Å². The topological polar surface area (TPSA) is 95.9 Å². The van der Waals surface area contributed by atoms with Crippen LogP contribution in [0.4, 0.5) is 4.79 Å². The van der Waals surface area contributed by atoms with Crippen LogP contribution in [0.25, 0.3) is 0 Å². The quantitative estimate of drug-likeness (QED) is 0.703. The standard InChI is InChI=1S/C11H10N2O5/c1-18-7-4-2-6(3-5-7)9(15)13-10(16)8(14)12-11(13)17/h2-5,10,16H,1H3,(H,12,14,17). The molecule has 1 aliphatic rings. The number of methoxy groups -OCH3 is 1. The number of nitrogens with one attached hydrogen (secondary N) is 1. The Hall–Kier alpha value is -2.41. The van der Waals surface area contributed by atoms with Gasteiger partial charge in [-0.2, -0.15) is 0 Å². The molecular formula is C11H10N2O5. The average Bonchev–Trinajstić information content (AvgIpc) is 2.63. The number of benzene rings is 1. The van der Waals surface area contributed by atoms with Crippen molar-refractivity contribution in [3.63, 3.8) is 0 Å². The van der Waals surface area contributed by atoms with Crippen LogP contribution in [0, 0.1) is 0 Å². The summed E-state index contributed by atoms with van der Waals surface area (Å²) in [6.07, 6.45) is -1.79. The number of ether oxygens (including phenoxy) is 1. The predicted octanol–water partition coefficient (Wildman–Crippen LogP) is -0.294. The lowest BCUT2D eigenvalue weighted by molar-refractivity contribution is -0.129. The van der Waals surface area contributed by atoms with Crippen LogP contribution in [0.1, 0.15) is 10.4 Å². The molecule has 0 bridgehead atoms. The van der Waals surface area contributed by atoms with E-state index in [1.807, 2.05) is 5.32 Å². The molecule has 1 aromatic carbocycles. The van der Waals surface area contributed by atoms with Gasteiger partial charge in [0.25, 0.3) is 11.8 Å². The van der Waals surface area contributed by atoms with Crippen molar-refractivity contribution < 1.29 is 24.2 Å². The van der Waals surface area contributed by atoms with Crippen molar-refractivity contribution in [3.05, 3.63) is 29.8 Å². The first-order valence-electron chi connectivity index (χ1n) is 5.05. The van der Waals surface area contributed by atoms with Crippen LogP contribution in [0.15, 0.2) is 24.3 Å². The monoisotopic (exact) mass is 250 g/mol. The molecule has 0 aromatic heterocycles. The minimum atomic E-state index is -1.79. The zero-order chi connectivity index (χ0) is 13.3. The number of urea groups is 1. The van der Waals surface area contributed by atoms with Gasteiger partial charge >= 0.3 is 6.03 Å². The Morgan fingerprint density at radius 1 is 1.33 bits per heavy atom. The highest BCUT2D eigenvalue weighted by Crippen LogP contribution is 2.16. The van der Waals surface area contributed by atoms with E-state index in [1.54, 1.807) is 0 Å². The van der Waals surface area contributed by atoms with E-state index in [1.165, 1.54) is 31.4 Å². The lowest BCUT2D eigenvalue weighted by Crippen LogP contribution is -2.40. The number of amides is 4. The van der Waals surface area contributed by atoms with Gasteiger partial charge in [0.1, 0.15) is 5.75 Å². The lowest BCUT2D eigenvalue weighted by atomic mass is 10.2. The van der Waals surface area contributed by atoms with Gasteiger partial charge in [0.15, 0.2) is 0 Å². The molecule has 1 aromatic rings. The highest BCUT2D eigenvalue weighted by Gasteiger charge is 2.41. The van der Waals surface area contributed by atoms with Crippen LogP contribution in [-0.4, -0.2) is 41.2 Å². The van der Waals surface area contributed by atoms with Crippen molar-refractivity contribution in [2.24, 2.45) is 0 Å². The minimum Gasteiger partial charge on any atom is -0.497 e. The van der Waals surface area contributed by atoms with Gasteiger partial charge < -0.3 is 9.84 Å². The second-order valence-corrected chi connectivity index (χ2v) is 3.57. The number of imide groups is 2. The van der Waals surface area contributed by atoms with Crippen molar-refractivity contribution in [3.8, 4) is 5.75 Å². The third-order valence-electron chi connectivity index (χ3n) is 2.48. The van der Waals surface area contributed by atoms with Crippen molar-refractivity contribution in [2.75, 3.05) is 7.11 Å². The fourth-order valence-electron chi connectivity index (χ4n) is 1.53. The Kier molecular flexibility index (Phi) is 2.99. The number of aliphatic hydroxyl groups excluding tert-OH is 1. The number of hydrogen-bond donors (Lipinski definition) is 2. The molecule has 7 nitrogen and oxygen atoms in total. The van der Waals surface area contributed by atoms with E-state index >= 15 is 0 Å². The molecule has 1 fully saturated rings. The van der Waals surface area contributed by atoms with Crippen LogP contribution in [-0.2, 0) is 4.79 Å². The summed E-state index contributed by atoms with van der Waals surface area (Å²) in [5, 5.41) is 11.3. The molecule has 94 valence electrons. The van der Waals surface area contributed by atoms with Gasteiger partial charge in [0.05, 0.1) is 7.11 Å². The average molecular weight is 250 g/mol. The van der Waals surface area contributed by atoms with Crippen LogP contribution < -0.4 is 10.1 Å². The number of carbonyl (C=O) groups excluding carboxylic acids is 3. The first-order valence-corrected chi connectivity index (χ1v) is 5.05. The predicted molar refractivity (Wildman–Crippen MR) is 58.7 cm³/mol. The number of nitrogens with zero attached hydrogens (tertiary/aromatic N) is 1. The molecule has 1 aliphatic heterocycles. The molecule has 7 heteroatoms. The summed E-state index contributed by atoms with van der Waals surface area (Å²) in [6, 6.07) is 5.01. The van der Waals surface area contributed by atoms with Crippen LogP contribution in [0.5, 0.6) is 5.75 Å². The molecule has 0 aliphatic carbocycles. The fourth-order valence-corrected chi connectivity index (χ4v) is 1.53. The maximum atomic E-state index is 11.9. The van der Waals surface area contributed by atoms with E-state index in [-0.39, 0.29) is 5.56 Å². The van der Waals surface area contributed by atoms with E-state index in [0.29, 0.717) is 10.6 Å². The molecule has 2 rings (SSSR count). The van der Waals surface area contributed by atoms with Crippen LogP contribution >= 0.6 is 0 Å². The van der Waals surface area contributed by atoms with Gasteiger partial charge in [-0.05, 0) is 24.3 Å². The van der Waals surface area contributed by atoms with Crippen molar-refractivity contribution in [2.45, 2.75) is 6.23 Å². The molecule has 2 N–H and O–H groups in total. The van der Waals surface area contributed by atoms with E-state index in [4.69, 9.17) is 4.74 Å². The Bertz CT molecular complexity index is 511. The molecule has 1 atom stereocenters. The van der Waals surface area contributed by atoms with Crippen molar-refractivity contribution in [1.29, 1.82) is 0 Å². The van der Waals surface area contributed by atoms with Gasteiger partial charge in [0.2, 0.25) is 6.23 Å². The highest BCUT2D eigenvalue weighted by atomic mass is 16.5. The molecular weight excluding hydrogens is 240 g/mol. The Balaban J connectivity index is 2.25. The van der Waals surface area contributed by atoms with E-state index < -0.39 is 24.1 Å². The number of hydrogen-bond acceptors (Lipinski definition) is 5. The van der Waals surface area contributed by atoms with Crippen LogP contribution in [0.3, 0.4) is 0 Å². The molecule has 18 heavy (non-hydrogen) atoms. The zero-order valence-corrected chi connectivity index (χ0v) is 9.41. The SMILES string of the molecule is COc1ccc(C(=O)N2C(=O)NC(=O)C2O)cc1. The Labute approximate surface area is 102 Å². The van der Waals surface area contributed by atoms with Gasteiger partial charge in [-0.1, -0.05) is 0 Å². The summed E-state index contributed by atoms with van der Waals surface area (Å²) in [6.45, 7) is 0. The number of aliphatic hydroxyl groups is 1. The number of carbonyl (C=O) groups is 3. The Morgan fingerprint density at radius 3 is 2.39 bits per heavy atom. The van der Waals surface area contributed by atoms with E-state index in [2.05, 4.69) is 0 Å². The molecule has 0 radical (unpaired) electrons. The van der Waals surface area contributed by atoms with Crippen molar-refractivity contribution in [1.82, 2.24) is 10.2 Å². The first-order chi connectivity index (χ1) is 8.54. The minimum absolute atomic E-state index is 0.166. The summed E-state index contributed by atoms with van der Waals surface area (Å²) in [5.41, 5.74) is 0.166. The lowest BCUT2D eigenvalue weighted by Gasteiger charge is -2.15. The smallest absolute Gasteiger partial charge is 0.333 e. The third kappa shape index (κ3) is 1.91. The normalized spacial score (nSPS) is 18.8.